The molecule has 0 spiro atoms. The van der Waals surface area contributed by atoms with Crippen LogP contribution in [-0.4, -0.2) is 16.6 Å². The van der Waals surface area contributed by atoms with Crippen molar-refractivity contribution in [1.82, 2.24) is 14.9 Å². The second-order valence-electron chi connectivity index (χ2n) is 3.73. The molecule has 0 saturated carbocycles. The molecule has 1 unspecified atom stereocenters. The number of allylic oxidation sites excluding steroid dienone is 1. The van der Waals surface area contributed by atoms with Crippen LogP contribution in [0.5, 0.6) is 0 Å². The number of aromatic nitrogens is 2. The van der Waals surface area contributed by atoms with Gasteiger partial charge in [-0.15, -0.1) is 6.58 Å². The van der Waals surface area contributed by atoms with Crippen molar-refractivity contribution in [3.63, 3.8) is 0 Å². The van der Waals surface area contributed by atoms with E-state index in [1.54, 1.807) is 0 Å². The van der Waals surface area contributed by atoms with Crippen LogP contribution >= 0.6 is 0 Å². The number of aryl methyl sites for hydroxylation is 1. The average molecular weight is 193 g/mol. The highest BCUT2D eigenvalue weighted by Crippen LogP contribution is 2.17. The van der Waals surface area contributed by atoms with Crippen molar-refractivity contribution in [1.29, 1.82) is 0 Å². The SMILES string of the molecule is C=C(C)CCC(NC)c1nccn1C. The number of hydrogen-bond donors (Lipinski definition) is 1. The van der Waals surface area contributed by atoms with Crippen LogP contribution < -0.4 is 5.32 Å². The van der Waals surface area contributed by atoms with Crippen LogP contribution in [0.15, 0.2) is 24.5 Å². The summed E-state index contributed by atoms with van der Waals surface area (Å²) in [5, 5.41) is 3.28. The summed E-state index contributed by atoms with van der Waals surface area (Å²) < 4.78 is 2.06. The molecule has 0 aliphatic carbocycles. The summed E-state index contributed by atoms with van der Waals surface area (Å²) in [6.45, 7) is 5.97. The second kappa shape index (κ2) is 4.96. The maximum Gasteiger partial charge on any atom is 0.125 e. The van der Waals surface area contributed by atoms with Gasteiger partial charge in [-0.05, 0) is 26.8 Å². The van der Waals surface area contributed by atoms with E-state index in [9.17, 15) is 0 Å². The van der Waals surface area contributed by atoms with Crippen LogP contribution in [0, 0.1) is 0 Å². The van der Waals surface area contributed by atoms with Gasteiger partial charge in [0.15, 0.2) is 0 Å². The van der Waals surface area contributed by atoms with Crippen LogP contribution in [0.3, 0.4) is 0 Å². The fourth-order valence-electron chi connectivity index (χ4n) is 1.51. The van der Waals surface area contributed by atoms with Gasteiger partial charge in [0.25, 0.3) is 0 Å². The molecule has 0 aromatic carbocycles. The lowest BCUT2D eigenvalue weighted by Crippen LogP contribution is -2.20. The summed E-state index contributed by atoms with van der Waals surface area (Å²) >= 11 is 0. The van der Waals surface area contributed by atoms with E-state index in [4.69, 9.17) is 0 Å². The fourth-order valence-corrected chi connectivity index (χ4v) is 1.51. The number of nitrogens with zero attached hydrogens (tertiary/aromatic N) is 2. The van der Waals surface area contributed by atoms with Crippen molar-refractivity contribution in [2.24, 2.45) is 7.05 Å². The highest BCUT2D eigenvalue weighted by molar-refractivity contribution is 5.00. The maximum atomic E-state index is 4.34. The first-order valence-electron chi connectivity index (χ1n) is 4.94. The predicted octanol–water partition coefficient (Wildman–Crippen LogP) is 2.04. The number of hydrogen-bond acceptors (Lipinski definition) is 2. The summed E-state index contributed by atoms with van der Waals surface area (Å²) in [5.74, 6) is 1.09. The summed E-state index contributed by atoms with van der Waals surface area (Å²) in [6.07, 6.45) is 5.90. The zero-order chi connectivity index (χ0) is 10.6. The lowest BCUT2D eigenvalue weighted by molar-refractivity contribution is 0.504. The van der Waals surface area contributed by atoms with Gasteiger partial charge in [0, 0.05) is 19.4 Å². The van der Waals surface area contributed by atoms with Gasteiger partial charge in [-0.2, -0.15) is 0 Å². The first-order chi connectivity index (χ1) is 6.65. The van der Waals surface area contributed by atoms with Crippen LogP contribution in [-0.2, 0) is 7.05 Å². The molecule has 0 aliphatic rings. The zero-order valence-electron chi connectivity index (χ0n) is 9.25. The molecular weight excluding hydrogens is 174 g/mol. The molecule has 3 heteroatoms. The lowest BCUT2D eigenvalue weighted by atomic mass is 10.1. The van der Waals surface area contributed by atoms with Crippen molar-refractivity contribution < 1.29 is 0 Å². The minimum absolute atomic E-state index is 0.326. The van der Waals surface area contributed by atoms with E-state index in [2.05, 4.69) is 28.4 Å². The van der Waals surface area contributed by atoms with Gasteiger partial charge in [-0.25, -0.2) is 4.98 Å². The van der Waals surface area contributed by atoms with Gasteiger partial charge in [0.05, 0.1) is 6.04 Å². The molecule has 0 saturated heterocycles. The Labute approximate surface area is 85.8 Å². The second-order valence-corrected chi connectivity index (χ2v) is 3.73. The molecule has 0 amide bonds. The van der Waals surface area contributed by atoms with Crippen LogP contribution in [0.2, 0.25) is 0 Å². The largest absolute Gasteiger partial charge is 0.337 e. The average Bonchev–Trinajstić information content (AvgIpc) is 2.53. The molecule has 78 valence electrons. The third kappa shape index (κ3) is 2.70. The zero-order valence-corrected chi connectivity index (χ0v) is 9.25. The molecule has 0 bridgehead atoms. The van der Waals surface area contributed by atoms with Crippen molar-refractivity contribution in [3.8, 4) is 0 Å². The molecule has 1 rings (SSSR count). The predicted molar refractivity (Wildman–Crippen MR) is 59.1 cm³/mol. The smallest absolute Gasteiger partial charge is 0.125 e. The van der Waals surface area contributed by atoms with Gasteiger partial charge in [-0.3, -0.25) is 0 Å². The molecule has 3 nitrogen and oxygen atoms in total. The van der Waals surface area contributed by atoms with Crippen LogP contribution in [0.25, 0.3) is 0 Å². The first kappa shape index (κ1) is 11.0. The van der Waals surface area contributed by atoms with Crippen molar-refractivity contribution >= 4 is 0 Å². The van der Waals surface area contributed by atoms with Gasteiger partial charge < -0.3 is 9.88 Å². The minimum atomic E-state index is 0.326. The Morgan fingerprint density at radius 3 is 2.86 bits per heavy atom. The topological polar surface area (TPSA) is 29.9 Å². The molecular formula is C11H19N3. The molecule has 1 N–H and O–H groups in total. The van der Waals surface area contributed by atoms with Gasteiger partial charge >= 0.3 is 0 Å². The monoisotopic (exact) mass is 193 g/mol. The fraction of sp³-hybridized carbons (Fsp3) is 0.545. The Morgan fingerprint density at radius 1 is 1.71 bits per heavy atom. The van der Waals surface area contributed by atoms with E-state index in [0.717, 1.165) is 18.7 Å². The Bertz CT molecular complexity index is 301. The number of nitrogens with one attached hydrogen (secondary N) is 1. The minimum Gasteiger partial charge on any atom is -0.337 e. The normalized spacial score (nSPS) is 12.8. The number of imidazole rings is 1. The molecule has 1 atom stereocenters. The standard InChI is InChI=1S/C11H19N3/c1-9(2)5-6-10(12-3)11-13-7-8-14(11)4/h7-8,10,12H,1,5-6H2,2-4H3. The van der Waals surface area contributed by atoms with E-state index in [1.165, 1.54) is 5.57 Å². The van der Waals surface area contributed by atoms with E-state index < -0.39 is 0 Å². The van der Waals surface area contributed by atoms with Crippen molar-refractivity contribution in [3.05, 3.63) is 30.4 Å². The quantitative estimate of drug-likeness (QED) is 0.725. The summed E-state index contributed by atoms with van der Waals surface area (Å²) in [4.78, 5) is 4.34. The van der Waals surface area contributed by atoms with Crippen molar-refractivity contribution in [2.45, 2.75) is 25.8 Å². The Hall–Kier alpha value is -1.09. The lowest BCUT2D eigenvalue weighted by Gasteiger charge is -2.15. The van der Waals surface area contributed by atoms with Crippen LogP contribution in [0.4, 0.5) is 0 Å². The van der Waals surface area contributed by atoms with E-state index in [0.29, 0.717) is 6.04 Å². The summed E-state index contributed by atoms with van der Waals surface area (Å²) in [7, 11) is 3.99. The molecule has 1 aromatic heterocycles. The highest BCUT2D eigenvalue weighted by atomic mass is 15.1. The van der Waals surface area contributed by atoms with E-state index in [-0.39, 0.29) is 0 Å². The highest BCUT2D eigenvalue weighted by Gasteiger charge is 2.12. The molecule has 0 radical (unpaired) electrons. The molecule has 1 aromatic rings. The van der Waals surface area contributed by atoms with Gasteiger partial charge in [0.1, 0.15) is 5.82 Å². The van der Waals surface area contributed by atoms with E-state index >= 15 is 0 Å². The summed E-state index contributed by atoms with van der Waals surface area (Å²) in [6, 6.07) is 0.326. The number of rotatable bonds is 5. The maximum absolute atomic E-state index is 4.34. The van der Waals surface area contributed by atoms with E-state index in [1.807, 2.05) is 26.5 Å². The molecule has 1 heterocycles. The third-order valence-corrected chi connectivity index (χ3v) is 2.38. The van der Waals surface area contributed by atoms with Gasteiger partial charge in [-0.1, -0.05) is 5.57 Å². The Balaban J connectivity index is 2.63. The Morgan fingerprint density at radius 2 is 2.43 bits per heavy atom. The summed E-state index contributed by atoms with van der Waals surface area (Å²) in [5.41, 5.74) is 1.22. The Kier molecular flexibility index (Phi) is 3.89. The molecule has 14 heavy (non-hydrogen) atoms. The van der Waals surface area contributed by atoms with Crippen LogP contribution in [0.1, 0.15) is 31.6 Å². The molecule has 0 aliphatic heterocycles. The third-order valence-electron chi connectivity index (χ3n) is 2.38. The first-order valence-corrected chi connectivity index (χ1v) is 4.94. The van der Waals surface area contributed by atoms with Crippen molar-refractivity contribution in [2.75, 3.05) is 7.05 Å². The van der Waals surface area contributed by atoms with Gasteiger partial charge in [0.2, 0.25) is 0 Å². The molecule has 0 fully saturated rings.